The number of aliphatic hydroxyl groups excluding tert-OH is 7. The summed E-state index contributed by atoms with van der Waals surface area (Å²) >= 11 is 0. The Hall–Kier alpha value is -0.400. The summed E-state index contributed by atoms with van der Waals surface area (Å²) < 4.78 is 11.8. The second-order valence-corrected chi connectivity index (χ2v) is 16.0. The van der Waals surface area contributed by atoms with E-state index in [1.165, 1.54) is 0 Å². The monoisotopic (exact) mass is 614 g/mol. The van der Waals surface area contributed by atoms with Gasteiger partial charge in [-0.15, -0.1) is 0 Å². The topological polar surface area (TPSA) is 180 Å². The summed E-state index contributed by atoms with van der Waals surface area (Å²) in [7, 11) is 0. The highest BCUT2D eigenvalue weighted by molar-refractivity contribution is 5.20. The number of hydrogen-bond acceptors (Lipinski definition) is 10. The lowest BCUT2D eigenvalue weighted by Gasteiger charge is -2.66. The molecule has 1 saturated heterocycles. The van der Waals surface area contributed by atoms with E-state index in [1.54, 1.807) is 0 Å². The second kappa shape index (κ2) is 12.3. The van der Waals surface area contributed by atoms with Crippen LogP contribution in [0, 0.1) is 46.3 Å². The third-order valence-electron chi connectivity index (χ3n) is 13.2. The van der Waals surface area contributed by atoms with Crippen LogP contribution < -0.4 is 0 Å². The Morgan fingerprint density at radius 1 is 0.837 bits per heavy atom. The van der Waals surface area contributed by atoms with Crippen LogP contribution in [-0.2, 0) is 9.47 Å². The van der Waals surface area contributed by atoms with Crippen LogP contribution in [-0.4, -0.2) is 108 Å². The summed E-state index contributed by atoms with van der Waals surface area (Å²) in [6.07, 6.45) is -2.67. The van der Waals surface area contributed by atoms with E-state index in [1.807, 2.05) is 13.8 Å². The fraction of sp³-hybridized carbons (Fsp3) is 1.00. The molecule has 17 atom stereocenters. The summed E-state index contributed by atoms with van der Waals surface area (Å²) in [5, 5.41) is 86.2. The van der Waals surface area contributed by atoms with E-state index in [-0.39, 0.29) is 58.9 Å². The van der Waals surface area contributed by atoms with E-state index in [4.69, 9.17) is 9.47 Å². The molecule has 5 fully saturated rings. The van der Waals surface area contributed by atoms with Crippen molar-refractivity contribution in [2.75, 3.05) is 6.61 Å². The summed E-state index contributed by atoms with van der Waals surface area (Å²) in [6, 6.07) is 0. The van der Waals surface area contributed by atoms with Gasteiger partial charge in [-0.25, -0.2) is 0 Å². The van der Waals surface area contributed by atoms with Gasteiger partial charge in [0, 0.05) is 12.3 Å². The molecule has 4 aliphatic carbocycles. The van der Waals surface area contributed by atoms with Crippen LogP contribution in [0.3, 0.4) is 0 Å². The van der Waals surface area contributed by atoms with Crippen molar-refractivity contribution >= 4 is 0 Å². The minimum Gasteiger partial charge on any atom is -0.394 e. The van der Waals surface area contributed by atoms with Crippen LogP contribution in [0.2, 0.25) is 0 Å². The minimum absolute atomic E-state index is 0.0278. The zero-order chi connectivity index (χ0) is 31.6. The molecule has 0 aromatic rings. The van der Waals surface area contributed by atoms with Crippen molar-refractivity contribution in [1.29, 1.82) is 0 Å². The van der Waals surface area contributed by atoms with Crippen LogP contribution >= 0.6 is 0 Å². The van der Waals surface area contributed by atoms with E-state index >= 15 is 0 Å². The van der Waals surface area contributed by atoms with Crippen molar-refractivity contribution in [3.63, 3.8) is 0 Å². The molecule has 10 nitrogen and oxygen atoms in total. The van der Waals surface area contributed by atoms with E-state index < -0.39 is 61.2 Å². The third kappa shape index (κ3) is 5.63. The Labute approximate surface area is 256 Å². The maximum absolute atomic E-state index is 12.5. The van der Waals surface area contributed by atoms with E-state index in [9.17, 15) is 40.9 Å². The molecule has 0 amide bonds. The van der Waals surface area contributed by atoms with Gasteiger partial charge in [-0.3, -0.25) is 0 Å². The van der Waals surface area contributed by atoms with E-state index in [2.05, 4.69) is 20.8 Å². The summed E-state index contributed by atoms with van der Waals surface area (Å²) in [5.41, 5.74) is -1.74. The normalized spacial score (nSPS) is 53.2. The lowest BCUT2D eigenvalue weighted by Crippen LogP contribution is -2.68. The molecule has 1 aliphatic heterocycles. The van der Waals surface area contributed by atoms with Crippen molar-refractivity contribution in [2.45, 2.75) is 153 Å². The zero-order valence-corrected chi connectivity index (χ0v) is 26.6. The molecule has 1 heterocycles. The van der Waals surface area contributed by atoms with Crippen molar-refractivity contribution in [3.05, 3.63) is 0 Å². The molecule has 0 aromatic heterocycles. The molecule has 0 aromatic carbocycles. The average molecular weight is 615 g/mol. The van der Waals surface area contributed by atoms with Crippen LogP contribution in [0.15, 0.2) is 0 Å². The molecule has 250 valence electrons. The molecule has 5 rings (SSSR count). The van der Waals surface area contributed by atoms with Crippen molar-refractivity contribution < 1.29 is 50.3 Å². The molecule has 0 radical (unpaired) electrons. The molecular formula is C33H58O10. The number of fused-ring (bicyclic) bond motifs is 5. The van der Waals surface area contributed by atoms with Gasteiger partial charge in [-0.05, 0) is 91.8 Å². The SMILES string of the molecule is CC(C)[C@H](CC[C@@H](C)[C@H]1C[C@@H](O)[C@@H]2[C@]1(C)CC[C@@H]1[C@@]3(C)CC[C@H](O)C[C@@H]3[C@@H](O)C[C@]12O)O[C@@H]1OC(CO)[C@@H](O)[C@H](O)C1O. The van der Waals surface area contributed by atoms with Gasteiger partial charge in [-0.1, -0.05) is 34.6 Å². The predicted octanol–water partition coefficient (Wildman–Crippen LogP) is 1.32. The van der Waals surface area contributed by atoms with Gasteiger partial charge < -0.3 is 50.3 Å². The standard InChI is InChI=1S/C33H58O10/c1-16(2)23(42-30-28(40)27(39)26(38)24(15-34)43-30)7-6-17(3)19-13-21(36)29-32(19,5)11-9-25-31(4)10-8-18(35)12-20(31)22(37)14-33(25,29)41/h16-30,34-41H,6-15H2,1-5H3/t17-,18+,19-,20-,21-,22+,23+,24?,25-,26-,27+,28?,29-,30-,31+,32-,33+/m1/s1. The van der Waals surface area contributed by atoms with Crippen molar-refractivity contribution in [3.8, 4) is 0 Å². The van der Waals surface area contributed by atoms with Gasteiger partial charge >= 0.3 is 0 Å². The van der Waals surface area contributed by atoms with Gasteiger partial charge in [0.2, 0.25) is 0 Å². The Morgan fingerprint density at radius 2 is 1.51 bits per heavy atom. The van der Waals surface area contributed by atoms with E-state index in [0.29, 0.717) is 25.7 Å². The maximum Gasteiger partial charge on any atom is 0.186 e. The highest BCUT2D eigenvalue weighted by Crippen LogP contribution is 2.69. The molecule has 2 unspecified atom stereocenters. The summed E-state index contributed by atoms with van der Waals surface area (Å²) in [6.45, 7) is 10.1. The van der Waals surface area contributed by atoms with Gasteiger partial charge in [0.15, 0.2) is 6.29 Å². The van der Waals surface area contributed by atoms with Crippen LogP contribution in [0.4, 0.5) is 0 Å². The second-order valence-electron chi connectivity index (χ2n) is 16.0. The first-order valence-electron chi connectivity index (χ1n) is 16.8. The molecule has 10 heteroatoms. The fourth-order valence-corrected chi connectivity index (χ4v) is 10.9. The van der Waals surface area contributed by atoms with Crippen LogP contribution in [0.25, 0.3) is 0 Å². The van der Waals surface area contributed by atoms with Gasteiger partial charge in [0.1, 0.15) is 24.4 Å². The van der Waals surface area contributed by atoms with Crippen LogP contribution in [0.1, 0.15) is 92.4 Å². The number of rotatable bonds is 8. The van der Waals surface area contributed by atoms with Crippen LogP contribution in [0.5, 0.6) is 0 Å². The summed E-state index contributed by atoms with van der Waals surface area (Å²) in [4.78, 5) is 0. The average Bonchev–Trinajstić information content (AvgIpc) is 3.22. The number of hydrogen-bond donors (Lipinski definition) is 8. The van der Waals surface area contributed by atoms with Gasteiger partial charge in [0.05, 0.1) is 36.6 Å². The Bertz CT molecular complexity index is 964. The molecule has 43 heavy (non-hydrogen) atoms. The Morgan fingerprint density at radius 3 is 2.16 bits per heavy atom. The predicted molar refractivity (Wildman–Crippen MR) is 157 cm³/mol. The largest absolute Gasteiger partial charge is 0.394 e. The smallest absolute Gasteiger partial charge is 0.186 e. The lowest BCUT2D eigenvalue weighted by molar-refractivity contribution is -0.314. The fourth-order valence-electron chi connectivity index (χ4n) is 10.9. The maximum atomic E-state index is 12.5. The first-order valence-corrected chi connectivity index (χ1v) is 16.8. The van der Waals surface area contributed by atoms with Crippen molar-refractivity contribution in [2.24, 2.45) is 46.3 Å². The molecular weight excluding hydrogens is 556 g/mol. The highest BCUT2D eigenvalue weighted by Gasteiger charge is 2.70. The minimum atomic E-state index is -1.49. The summed E-state index contributed by atoms with van der Waals surface area (Å²) in [5.74, 6) is 0.0201. The quantitative estimate of drug-likeness (QED) is 0.199. The van der Waals surface area contributed by atoms with Gasteiger partial charge in [-0.2, -0.15) is 0 Å². The molecule has 4 saturated carbocycles. The van der Waals surface area contributed by atoms with Gasteiger partial charge in [0.25, 0.3) is 0 Å². The number of ether oxygens (including phenoxy) is 2. The molecule has 0 spiro atoms. The Balaban J connectivity index is 1.29. The van der Waals surface area contributed by atoms with Crippen molar-refractivity contribution in [1.82, 2.24) is 0 Å². The Kier molecular flexibility index (Phi) is 9.73. The number of aliphatic hydroxyl groups is 8. The first kappa shape index (κ1) is 33.9. The lowest BCUT2D eigenvalue weighted by atomic mass is 9.42. The molecule has 8 N–H and O–H groups in total. The third-order valence-corrected chi connectivity index (χ3v) is 13.2. The molecule has 0 bridgehead atoms. The zero-order valence-electron chi connectivity index (χ0n) is 26.6. The van der Waals surface area contributed by atoms with E-state index in [0.717, 1.165) is 25.7 Å². The first-order chi connectivity index (χ1) is 20.1. The highest BCUT2D eigenvalue weighted by atomic mass is 16.7. The molecule has 5 aliphatic rings.